The molecule has 2 aliphatic heterocycles. The van der Waals surface area contributed by atoms with Crippen molar-refractivity contribution in [2.24, 2.45) is 11.8 Å². The fourth-order valence-corrected chi connectivity index (χ4v) is 3.63. The molecule has 0 bridgehead atoms. The van der Waals surface area contributed by atoms with Crippen molar-refractivity contribution >= 4 is 5.91 Å². The molecule has 108 valence electrons. The van der Waals surface area contributed by atoms with Gasteiger partial charge in [0.05, 0.1) is 24.4 Å². The van der Waals surface area contributed by atoms with Crippen LogP contribution in [0.1, 0.15) is 46.5 Å². The largest absolute Gasteiger partial charge is 0.376 e. The molecule has 0 radical (unpaired) electrons. The van der Waals surface area contributed by atoms with Gasteiger partial charge < -0.3 is 9.64 Å². The summed E-state index contributed by atoms with van der Waals surface area (Å²) in [5.41, 5.74) is 0. The van der Waals surface area contributed by atoms with E-state index in [-0.39, 0.29) is 12.2 Å². The second-order valence-electron chi connectivity index (χ2n) is 6.59. The van der Waals surface area contributed by atoms with E-state index in [4.69, 9.17) is 4.74 Å². The van der Waals surface area contributed by atoms with E-state index in [1.165, 1.54) is 12.8 Å². The molecule has 3 fully saturated rings. The van der Waals surface area contributed by atoms with Gasteiger partial charge in [-0.2, -0.15) is 0 Å². The van der Waals surface area contributed by atoms with Crippen molar-refractivity contribution in [1.82, 2.24) is 10.2 Å². The van der Waals surface area contributed by atoms with Crippen molar-refractivity contribution in [1.29, 1.82) is 0 Å². The van der Waals surface area contributed by atoms with Gasteiger partial charge in [-0.3, -0.25) is 10.1 Å². The first-order valence-electron chi connectivity index (χ1n) is 7.83. The number of nitrogens with one attached hydrogen (secondary N) is 1. The zero-order chi connectivity index (χ0) is 13.6. The van der Waals surface area contributed by atoms with E-state index in [0.717, 1.165) is 19.4 Å². The molecule has 0 aromatic heterocycles. The zero-order valence-electron chi connectivity index (χ0n) is 12.3. The Labute approximate surface area is 115 Å². The van der Waals surface area contributed by atoms with Crippen LogP contribution in [-0.2, 0) is 9.53 Å². The van der Waals surface area contributed by atoms with E-state index in [1.807, 2.05) is 0 Å². The molecule has 4 atom stereocenters. The molecule has 4 heteroatoms. The van der Waals surface area contributed by atoms with Gasteiger partial charge in [0.15, 0.2) is 0 Å². The molecule has 1 N–H and O–H groups in total. The summed E-state index contributed by atoms with van der Waals surface area (Å²) >= 11 is 0. The SMILES string of the molecule is CCC1NC(C(C)C)C(=O)N1C1CCOC1C1CC1. The molecule has 3 rings (SSSR count). The molecule has 0 aromatic rings. The maximum atomic E-state index is 12.7. The zero-order valence-corrected chi connectivity index (χ0v) is 12.3. The highest BCUT2D eigenvalue weighted by Crippen LogP contribution is 2.41. The first-order valence-corrected chi connectivity index (χ1v) is 7.83. The molecule has 0 aromatic carbocycles. The van der Waals surface area contributed by atoms with E-state index in [9.17, 15) is 4.79 Å². The number of ether oxygens (including phenoxy) is 1. The van der Waals surface area contributed by atoms with Gasteiger partial charge >= 0.3 is 0 Å². The fraction of sp³-hybridized carbons (Fsp3) is 0.933. The Morgan fingerprint density at radius 1 is 1.37 bits per heavy atom. The Morgan fingerprint density at radius 2 is 2.11 bits per heavy atom. The minimum Gasteiger partial charge on any atom is -0.376 e. The molecule has 2 saturated heterocycles. The Balaban J connectivity index is 1.79. The lowest BCUT2D eigenvalue weighted by Gasteiger charge is -2.32. The third-order valence-corrected chi connectivity index (χ3v) is 4.83. The van der Waals surface area contributed by atoms with Crippen LogP contribution in [0.3, 0.4) is 0 Å². The van der Waals surface area contributed by atoms with Gasteiger partial charge in [0.1, 0.15) is 0 Å². The molecule has 3 aliphatic rings. The lowest BCUT2D eigenvalue weighted by molar-refractivity contribution is -0.134. The van der Waals surface area contributed by atoms with E-state index >= 15 is 0 Å². The van der Waals surface area contributed by atoms with E-state index in [0.29, 0.717) is 29.9 Å². The van der Waals surface area contributed by atoms with Crippen molar-refractivity contribution in [3.63, 3.8) is 0 Å². The van der Waals surface area contributed by atoms with Crippen LogP contribution in [0.15, 0.2) is 0 Å². The van der Waals surface area contributed by atoms with Crippen LogP contribution < -0.4 is 5.32 Å². The van der Waals surface area contributed by atoms with E-state index in [1.54, 1.807) is 0 Å². The number of carbonyl (C=O) groups excluding carboxylic acids is 1. The molecule has 4 nitrogen and oxygen atoms in total. The minimum atomic E-state index is -0.00889. The van der Waals surface area contributed by atoms with Crippen molar-refractivity contribution in [3.8, 4) is 0 Å². The summed E-state index contributed by atoms with van der Waals surface area (Å²) < 4.78 is 5.92. The number of hydrogen-bond acceptors (Lipinski definition) is 3. The first-order chi connectivity index (χ1) is 9.13. The van der Waals surface area contributed by atoms with Crippen LogP contribution in [0.5, 0.6) is 0 Å². The Hall–Kier alpha value is -0.610. The summed E-state index contributed by atoms with van der Waals surface area (Å²) in [6.07, 6.45) is 5.04. The normalized spacial score (nSPS) is 39.6. The topological polar surface area (TPSA) is 41.6 Å². The summed E-state index contributed by atoms with van der Waals surface area (Å²) in [6.45, 7) is 7.21. The molecular formula is C15H26N2O2. The van der Waals surface area contributed by atoms with Gasteiger partial charge in [0.2, 0.25) is 5.91 Å². The van der Waals surface area contributed by atoms with Crippen LogP contribution in [0, 0.1) is 11.8 Å². The Bertz CT molecular complexity index is 354. The number of amides is 1. The second-order valence-corrected chi connectivity index (χ2v) is 6.59. The highest BCUT2D eigenvalue weighted by molar-refractivity contribution is 5.85. The van der Waals surface area contributed by atoms with Crippen LogP contribution in [-0.4, -0.2) is 41.8 Å². The highest BCUT2D eigenvalue weighted by Gasteiger charge is 2.50. The van der Waals surface area contributed by atoms with Crippen molar-refractivity contribution < 1.29 is 9.53 Å². The van der Waals surface area contributed by atoms with Crippen LogP contribution >= 0.6 is 0 Å². The van der Waals surface area contributed by atoms with Gasteiger partial charge in [-0.25, -0.2) is 0 Å². The molecule has 19 heavy (non-hydrogen) atoms. The van der Waals surface area contributed by atoms with Crippen molar-refractivity contribution in [2.75, 3.05) is 6.61 Å². The van der Waals surface area contributed by atoms with Crippen molar-refractivity contribution in [3.05, 3.63) is 0 Å². The predicted molar refractivity (Wildman–Crippen MR) is 73.6 cm³/mol. The van der Waals surface area contributed by atoms with Gasteiger partial charge in [0, 0.05) is 6.61 Å². The predicted octanol–water partition coefficient (Wildman–Crippen LogP) is 1.75. The lowest BCUT2D eigenvalue weighted by atomic mass is 10.0. The lowest BCUT2D eigenvalue weighted by Crippen LogP contribution is -2.48. The third-order valence-electron chi connectivity index (χ3n) is 4.83. The standard InChI is InChI=1S/C15H26N2O2/c1-4-12-16-13(9(2)3)15(18)17(12)11-7-8-19-14(11)10-5-6-10/h9-14,16H,4-8H2,1-3H3. The van der Waals surface area contributed by atoms with Crippen LogP contribution in [0.4, 0.5) is 0 Å². The Morgan fingerprint density at radius 3 is 2.68 bits per heavy atom. The number of nitrogens with zero attached hydrogens (tertiary/aromatic N) is 1. The van der Waals surface area contributed by atoms with E-state index in [2.05, 4.69) is 31.0 Å². The molecule has 0 spiro atoms. The number of rotatable bonds is 4. The van der Waals surface area contributed by atoms with Gasteiger partial charge in [-0.15, -0.1) is 0 Å². The number of carbonyl (C=O) groups is 1. The molecule has 1 saturated carbocycles. The van der Waals surface area contributed by atoms with Gasteiger partial charge in [0.25, 0.3) is 0 Å². The van der Waals surface area contributed by atoms with Crippen molar-refractivity contribution in [2.45, 2.75) is 70.8 Å². The summed E-state index contributed by atoms with van der Waals surface area (Å²) in [6, 6.07) is 0.298. The van der Waals surface area contributed by atoms with Crippen LogP contribution in [0.2, 0.25) is 0 Å². The summed E-state index contributed by atoms with van der Waals surface area (Å²) in [7, 11) is 0. The maximum Gasteiger partial charge on any atom is 0.241 e. The Kier molecular flexibility index (Phi) is 3.56. The fourth-order valence-electron chi connectivity index (χ4n) is 3.63. The quantitative estimate of drug-likeness (QED) is 0.843. The average molecular weight is 266 g/mol. The molecule has 1 amide bonds. The number of hydrogen-bond donors (Lipinski definition) is 1. The van der Waals surface area contributed by atoms with Crippen LogP contribution in [0.25, 0.3) is 0 Å². The first kappa shape index (κ1) is 13.4. The van der Waals surface area contributed by atoms with Gasteiger partial charge in [-0.05, 0) is 37.5 Å². The molecule has 4 unspecified atom stereocenters. The maximum absolute atomic E-state index is 12.7. The summed E-state index contributed by atoms with van der Waals surface area (Å²) in [4.78, 5) is 14.8. The smallest absolute Gasteiger partial charge is 0.241 e. The minimum absolute atomic E-state index is 0.00889. The third kappa shape index (κ3) is 2.29. The molecular weight excluding hydrogens is 240 g/mol. The monoisotopic (exact) mass is 266 g/mol. The summed E-state index contributed by atoms with van der Waals surface area (Å²) in [5, 5.41) is 3.52. The molecule has 1 aliphatic carbocycles. The molecule has 2 heterocycles. The van der Waals surface area contributed by atoms with Gasteiger partial charge in [-0.1, -0.05) is 20.8 Å². The second kappa shape index (κ2) is 5.06. The summed E-state index contributed by atoms with van der Waals surface area (Å²) in [5.74, 6) is 1.35. The average Bonchev–Trinajstić information content (AvgIpc) is 3.01. The van der Waals surface area contributed by atoms with E-state index < -0.39 is 0 Å². The highest BCUT2D eigenvalue weighted by atomic mass is 16.5.